The number of carboxylic acid groups (broad SMARTS) is 2. The van der Waals surface area contributed by atoms with Gasteiger partial charge in [0.15, 0.2) is 10.8 Å². The summed E-state index contributed by atoms with van der Waals surface area (Å²) >= 11 is 8.49. The lowest BCUT2D eigenvalue weighted by atomic mass is 10.0. The quantitative estimate of drug-likeness (QED) is 0.138. The lowest BCUT2D eigenvalue weighted by Gasteiger charge is -2.49. The first kappa shape index (κ1) is 29.6. The number of amides is 2. The highest BCUT2D eigenvalue weighted by atomic mass is 35.5. The lowest BCUT2D eigenvalue weighted by molar-refractivity contribution is -0.161. The maximum absolute atomic E-state index is 13.3. The Balaban J connectivity index is 1.37. The number of hydrogen-bond acceptors (Lipinski definition) is 10. The number of thioether (sulfide) groups is 1. The normalized spacial score (nSPS) is 23.3. The molecule has 5 rings (SSSR count). The van der Waals surface area contributed by atoms with Crippen molar-refractivity contribution < 1.29 is 34.2 Å². The van der Waals surface area contributed by atoms with Gasteiger partial charge in [-0.3, -0.25) is 19.0 Å². The summed E-state index contributed by atoms with van der Waals surface area (Å²) < 4.78 is 0.301. The zero-order valence-corrected chi connectivity index (χ0v) is 24.9. The van der Waals surface area contributed by atoms with Crippen molar-refractivity contribution in [3.05, 3.63) is 57.3 Å². The van der Waals surface area contributed by atoms with E-state index in [1.165, 1.54) is 35.9 Å². The van der Waals surface area contributed by atoms with Gasteiger partial charge in [-0.25, -0.2) is 14.6 Å². The minimum atomic E-state index is -1.76. The summed E-state index contributed by atoms with van der Waals surface area (Å²) in [4.78, 5) is 60.8. The maximum Gasteiger partial charge on any atom is 0.352 e. The molecule has 2 amide bonds. The molecule has 5 N–H and O–H groups in total. The molecule has 0 spiro atoms. The Morgan fingerprint density at radius 1 is 1.33 bits per heavy atom. The summed E-state index contributed by atoms with van der Waals surface area (Å²) in [5.41, 5.74) is 5.93. The third-order valence-electron chi connectivity index (χ3n) is 7.04. The van der Waals surface area contributed by atoms with Crippen LogP contribution in [0.25, 0.3) is 6.08 Å². The number of nitrogens with zero attached hydrogens (tertiary/aromatic N) is 4. The summed E-state index contributed by atoms with van der Waals surface area (Å²) in [6.07, 6.45) is 3.88. The van der Waals surface area contributed by atoms with Crippen molar-refractivity contribution in [1.29, 1.82) is 0 Å². The topological polar surface area (TPSA) is 185 Å². The molecule has 2 aromatic rings. The number of oxime groups is 1. The number of rotatable bonds is 9. The van der Waals surface area contributed by atoms with Gasteiger partial charge in [0.05, 0.1) is 7.05 Å². The van der Waals surface area contributed by atoms with E-state index in [1.807, 2.05) is 31.5 Å². The highest BCUT2D eigenvalue weighted by Gasteiger charge is 2.55. The second-order valence-corrected chi connectivity index (χ2v) is 12.9. The molecular formula is C26H26ClN6O7S2+. The van der Waals surface area contributed by atoms with Crippen LogP contribution >= 0.6 is 34.7 Å². The van der Waals surface area contributed by atoms with Crippen LogP contribution in [0.2, 0.25) is 5.02 Å². The number of hydrogen-bond donors (Lipinski definition) is 4. The first-order valence-electron chi connectivity index (χ1n) is 12.5. The molecule has 0 radical (unpaired) electrons. The number of thiazole rings is 1. The van der Waals surface area contributed by atoms with Gasteiger partial charge in [0, 0.05) is 39.4 Å². The van der Waals surface area contributed by atoms with E-state index in [0.717, 1.165) is 22.6 Å². The minimum Gasteiger partial charge on any atom is -0.478 e. The fraction of sp³-hybridized carbons (Fsp3) is 0.308. The van der Waals surface area contributed by atoms with Gasteiger partial charge in [0.2, 0.25) is 5.60 Å². The van der Waals surface area contributed by atoms with Crippen LogP contribution in [-0.2, 0) is 24.0 Å². The number of carbonyl (C=O) groups excluding carboxylic acids is 2. The summed E-state index contributed by atoms with van der Waals surface area (Å²) in [6.45, 7) is 2.81. The molecule has 1 aromatic heterocycles. The monoisotopic (exact) mass is 633 g/mol. The van der Waals surface area contributed by atoms with Gasteiger partial charge < -0.3 is 26.1 Å². The fourth-order valence-corrected chi connectivity index (χ4v) is 6.86. The number of halogens is 1. The predicted octanol–water partition coefficient (Wildman–Crippen LogP) is 2.32. The second-order valence-electron chi connectivity index (χ2n) is 10.5. The minimum absolute atomic E-state index is 0.0294. The Labute approximate surface area is 252 Å². The number of aromatic nitrogens is 1. The number of nitrogens with one attached hydrogen (secondary N) is 1. The first-order valence-corrected chi connectivity index (χ1v) is 14.8. The Morgan fingerprint density at radius 3 is 2.71 bits per heavy atom. The van der Waals surface area contributed by atoms with Crippen molar-refractivity contribution in [3.8, 4) is 0 Å². The molecule has 3 atom stereocenters. The summed E-state index contributed by atoms with van der Waals surface area (Å²) in [5, 5.41) is 27.3. The number of quaternary nitrogens is 1. The van der Waals surface area contributed by atoms with Gasteiger partial charge in [0.1, 0.15) is 41.2 Å². The van der Waals surface area contributed by atoms with Crippen molar-refractivity contribution in [3.63, 3.8) is 0 Å². The van der Waals surface area contributed by atoms with Gasteiger partial charge in [-0.15, -0.1) is 23.1 Å². The zero-order chi connectivity index (χ0) is 30.6. The number of aliphatic carboxylic acids is 2. The number of fused-ring (bicyclic) bond motifs is 2. The SMILES string of the molecule is CC(C)(O/N=C(\C(=O)N[C@@H]1C(=O)N2C(C(=O)O)=C(C[N+]3(C)C=Cc4cc(Cl)ccc43)CS[C@H]12)c1csc(N)n1)C(=O)O. The fourth-order valence-electron chi connectivity index (χ4n) is 4.80. The van der Waals surface area contributed by atoms with Crippen LogP contribution in [0, 0.1) is 0 Å². The molecule has 0 bridgehead atoms. The van der Waals surface area contributed by atoms with E-state index in [9.17, 15) is 29.4 Å². The molecule has 3 aliphatic heterocycles. The van der Waals surface area contributed by atoms with E-state index in [-0.39, 0.29) is 22.2 Å². The van der Waals surface area contributed by atoms with Crippen molar-refractivity contribution in [2.75, 3.05) is 25.1 Å². The molecule has 1 aromatic carbocycles. The highest BCUT2D eigenvalue weighted by Crippen LogP contribution is 2.43. The predicted molar refractivity (Wildman–Crippen MR) is 159 cm³/mol. The molecule has 1 saturated heterocycles. The molecule has 1 fully saturated rings. The maximum atomic E-state index is 13.3. The standard InChI is InChI=1S/C26H25ClN6O7S2/c1-26(2,24(38)39)40-31-17(15-11-42-25(28)29-15)20(34)30-18-21(35)32-19(23(36)37)13(10-41-22(18)32)9-33(3)7-6-12-8-14(27)4-5-16(12)33/h4-8,11,18,22H,9-10H2,1-3H3,(H4-,28,29,30,34,36,37,38,39)/p+1/b31-17-/t18-,22-,33?/m1/s1. The molecular weight excluding hydrogens is 608 g/mol. The lowest BCUT2D eigenvalue weighted by Crippen LogP contribution is -2.71. The van der Waals surface area contributed by atoms with E-state index in [0.29, 0.717) is 27.4 Å². The zero-order valence-electron chi connectivity index (χ0n) is 22.5. The number of likely N-dealkylation sites (N-methyl/N-ethyl adjacent to an activating group) is 1. The third-order valence-corrected chi connectivity index (χ3v) is 9.29. The molecule has 220 valence electrons. The van der Waals surface area contributed by atoms with Crippen LogP contribution in [0.3, 0.4) is 0 Å². The van der Waals surface area contributed by atoms with Crippen molar-refractivity contribution in [2.24, 2.45) is 5.16 Å². The molecule has 13 nitrogen and oxygen atoms in total. The van der Waals surface area contributed by atoms with Crippen LogP contribution in [0.1, 0.15) is 25.1 Å². The van der Waals surface area contributed by atoms with E-state index < -0.39 is 40.8 Å². The van der Waals surface area contributed by atoms with Gasteiger partial charge in [-0.05, 0) is 26.0 Å². The second kappa shape index (κ2) is 10.7. The van der Waals surface area contributed by atoms with E-state index in [2.05, 4.69) is 15.5 Å². The Morgan fingerprint density at radius 2 is 2.07 bits per heavy atom. The molecule has 3 aliphatic rings. The Kier molecular flexibility index (Phi) is 7.55. The highest BCUT2D eigenvalue weighted by molar-refractivity contribution is 8.00. The summed E-state index contributed by atoms with van der Waals surface area (Å²) in [5.74, 6) is -3.71. The molecule has 42 heavy (non-hydrogen) atoms. The third kappa shape index (κ3) is 5.24. The van der Waals surface area contributed by atoms with Gasteiger partial charge in [-0.1, -0.05) is 16.8 Å². The molecule has 0 saturated carbocycles. The van der Waals surface area contributed by atoms with Gasteiger partial charge >= 0.3 is 11.9 Å². The first-order chi connectivity index (χ1) is 19.7. The molecule has 4 heterocycles. The summed E-state index contributed by atoms with van der Waals surface area (Å²) in [6, 6.07) is 4.45. The number of carboxylic acids is 2. The van der Waals surface area contributed by atoms with Crippen LogP contribution in [0.5, 0.6) is 0 Å². The number of carbonyl (C=O) groups is 4. The smallest absolute Gasteiger partial charge is 0.352 e. The van der Waals surface area contributed by atoms with Crippen molar-refractivity contribution >= 4 is 81.1 Å². The van der Waals surface area contributed by atoms with E-state index >= 15 is 0 Å². The van der Waals surface area contributed by atoms with Crippen molar-refractivity contribution in [2.45, 2.75) is 30.9 Å². The number of nitrogen functional groups attached to an aromatic ring is 1. The number of nitrogens with two attached hydrogens (primary N) is 1. The van der Waals surface area contributed by atoms with Gasteiger partial charge in [-0.2, -0.15) is 0 Å². The van der Waals surface area contributed by atoms with Gasteiger partial charge in [0.25, 0.3) is 11.8 Å². The van der Waals surface area contributed by atoms with Crippen LogP contribution in [0.4, 0.5) is 10.8 Å². The van der Waals surface area contributed by atoms with E-state index in [4.69, 9.17) is 22.2 Å². The summed E-state index contributed by atoms with van der Waals surface area (Å²) in [7, 11) is 1.94. The molecule has 16 heteroatoms. The average Bonchev–Trinajstić information content (AvgIpc) is 3.49. The van der Waals surface area contributed by atoms with Crippen LogP contribution in [-0.4, -0.2) is 85.9 Å². The Hall–Kier alpha value is -3.92. The number of anilines is 1. The average molecular weight is 634 g/mol. The molecule has 1 unspecified atom stereocenters. The Bertz CT molecular complexity index is 1620. The van der Waals surface area contributed by atoms with Crippen LogP contribution < -0.4 is 15.5 Å². The largest absolute Gasteiger partial charge is 0.478 e. The van der Waals surface area contributed by atoms with Crippen LogP contribution in [0.15, 0.2) is 46.2 Å². The van der Waals surface area contributed by atoms with Crippen molar-refractivity contribution in [1.82, 2.24) is 19.7 Å². The number of β-lactam (4-membered cyclic amide) rings is 1. The van der Waals surface area contributed by atoms with E-state index in [1.54, 1.807) is 6.07 Å². The number of benzene rings is 1. The molecule has 0 aliphatic carbocycles.